The van der Waals surface area contributed by atoms with E-state index in [-0.39, 0.29) is 18.5 Å². The number of halogens is 1. The van der Waals surface area contributed by atoms with Crippen LogP contribution in [0.25, 0.3) is 0 Å². The number of aliphatic carboxylic acids is 1. The van der Waals surface area contributed by atoms with Gasteiger partial charge in [-0.1, -0.05) is 23.7 Å². The molecule has 0 aromatic heterocycles. The molecule has 1 aliphatic heterocycles. The first-order valence-corrected chi connectivity index (χ1v) is 6.91. The molecule has 5 nitrogen and oxygen atoms in total. The number of rotatable bonds is 3. The molecule has 0 radical (unpaired) electrons. The molecule has 0 aliphatic carbocycles. The van der Waals surface area contributed by atoms with Crippen molar-refractivity contribution >= 4 is 29.3 Å². The Bertz CT molecular complexity index is 513. The van der Waals surface area contributed by atoms with Crippen molar-refractivity contribution in [2.75, 3.05) is 11.9 Å². The zero-order valence-corrected chi connectivity index (χ0v) is 12.0. The number of carbonyl (C=O) groups is 2. The van der Waals surface area contributed by atoms with Crippen LogP contribution in [0.1, 0.15) is 24.8 Å². The molecule has 6 heteroatoms. The molecule has 2 amide bonds. The summed E-state index contributed by atoms with van der Waals surface area (Å²) in [7, 11) is 0. The van der Waals surface area contributed by atoms with E-state index in [0.717, 1.165) is 18.4 Å². The molecule has 1 saturated heterocycles. The maximum atomic E-state index is 12.3. The zero-order chi connectivity index (χ0) is 14.7. The van der Waals surface area contributed by atoms with E-state index in [1.54, 1.807) is 11.0 Å². The fourth-order valence-electron chi connectivity index (χ4n) is 2.49. The Hall–Kier alpha value is -1.75. The summed E-state index contributed by atoms with van der Waals surface area (Å²) in [6.07, 6.45) is 1.53. The van der Waals surface area contributed by atoms with E-state index in [4.69, 9.17) is 16.7 Å². The fourth-order valence-corrected chi connectivity index (χ4v) is 2.75. The minimum atomic E-state index is -0.886. The van der Waals surface area contributed by atoms with Gasteiger partial charge in [-0.15, -0.1) is 0 Å². The highest BCUT2D eigenvalue weighted by Crippen LogP contribution is 2.27. The Labute approximate surface area is 122 Å². The summed E-state index contributed by atoms with van der Waals surface area (Å²) in [5, 5.41) is 12.1. The summed E-state index contributed by atoms with van der Waals surface area (Å²) < 4.78 is 0. The van der Waals surface area contributed by atoms with Crippen molar-refractivity contribution in [1.29, 1.82) is 0 Å². The maximum absolute atomic E-state index is 12.3. The first kappa shape index (κ1) is 14.7. The number of carboxylic acid groups (broad SMARTS) is 1. The summed E-state index contributed by atoms with van der Waals surface area (Å²) in [4.78, 5) is 24.7. The Morgan fingerprint density at radius 2 is 2.25 bits per heavy atom. The molecule has 1 heterocycles. The Morgan fingerprint density at radius 1 is 1.50 bits per heavy atom. The zero-order valence-electron chi connectivity index (χ0n) is 11.2. The number of aryl methyl sites for hydroxylation is 1. The minimum absolute atomic E-state index is 0.0189. The molecule has 0 bridgehead atoms. The van der Waals surface area contributed by atoms with Gasteiger partial charge in [-0.05, 0) is 31.4 Å². The number of likely N-dealkylation sites (tertiary alicyclic amines) is 1. The molecule has 2 rings (SSSR count). The smallest absolute Gasteiger partial charge is 0.322 e. The van der Waals surface area contributed by atoms with Gasteiger partial charge in [0.25, 0.3) is 0 Å². The number of amides is 2. The molecular formula is C14H17ClN2O3. The van der Waals surface area contributed by atoms with Gasteiger partial charge in [-0.3, -0.25) is 4.79 Å². The molecule has 1 aromatic carbocycles. The molecule has 1 aliphatic rings. The second-order valence-corrected chi connectivity index (χ2v) is 5.36. The molecule has 2 N–H and O–H groups in total. The van der Waals surface area contributed by atoms with Crippen molar-refractivity contribution in [1.82, 2.24) is 4.90 Å². The first-order valence-electron chi connectivity index (χ1n) is 6.53. The number of carbonyl (C=O) groups excluding carboxylic acids is 1. The van der Waals surface area contributed by atoms with Crippen molar-refractivity contribution in [2.45, 2.75) is 32.2 Å². The lowest BCUT2D eigenvalue weighted by Crippen LogP contribution is -2.39. The van der Waals surface area contributed by atoms with E-state index in [1.165, 1.54) is 0 Å². The normalized spacial score (nSPS) is 18.1. The van der Waals surface area contributed by atoms with E-state index in [2.05, 4.69) is 5.32 Å². The number of urea groups is 1. The lowest BCUT2D eigenvalue weighted by Gasteiger charge is -2.24. The highest BCUT2D eigenvalue weighted by atomic mass is 35.5. The third-order valence-electron chi connectivity index (χ3n) is 3.50. The first-order chi connectivity index (χ1) is 9.49. The number of benzene rings is 1. The number of hydrogen-bond donors (Lipinski definition) is 2. The third-order valence-corrected chi connectivity index (χ3v) is 3.82. The Morgan fingerprint density at radius 3 is 2.90 bits per heavy atom. The number of nitrogens with one attached hydrogen (secondary N) is 1. The number of para-hydroxylation sites is 1. The van der Waals surface area contributed by atoms with Crippen molar-refractivity contribution in [3.63, 3.8) is 0 Å². The lowest BCUT2D eigenvalue weighted by molar-refractivity contribution is -0.137. The van der Waals surface area contributed by atoms with Gasteiger partial charge in [0, 0.05) is 12.6 Å². The molecule has 20 heavy (non-hydrogen) atoms. The lowest BCUT2D eigenvalue weighted by atomic mass is 10.1. The van der Waals surface area contributed by atoms with Crippen LogP contribution in [-0.4, -0.2) is 34.6 Å². The Kier molecular flexibility index (Phi) is 4.49. The van der Waals surface area contributed by atoms with Crippen LogP contribution in [0.4, 0.5) is 10.5 Å². The number of hydrogen-bond acceptors (Lipinski definition) is 2. The topological polar surface area (TPSA) is 69.6 Å². The van der Waals surface area contributed by atoms with Crippen LogP contribution in [0.3, 0.4) is 0 Å². The van der Waals surface area contributed by atoms with E-state index >= 15 is 0 Å². The standard InChI is InChI=1S/C14H17ClN2O3/c1-9-4-2-6-11(15)13(9)16-14(20)17-7-3-5-10(17)8-12(18)19/h2,4,6,10H,3,5,7-8H2,1H3,(H,16,20)(H,18,19). The van der Waals surface area contributed by atoms with Gasteiger partial charge in [-0.2, -0.15) is 0 Å². The molecule has 108 valence electrons. The van der Waals surface area contributed by atoms with Crippen molar-refractivity contribution < 1.29 is 14.7 Å². The molecule has 1 atom stereocenters. The van der Waals surface area contributed by atoms with Crippen molar-refractivity contribution in [3.8, 4) is 0 Å². The number of nitrogens with zero attached hydrogens (tertiary/aromatic N) is 1. The summed E-state index contributed by atoms with van der Waals surface area (Å²) in [5.74, 6) is -0.886. The SMILES string of the molecule is Cc1cccc(Cl)c1NC(=O)N1CCCC1CC(=O)O. The van der Waals surface area contributed by atoms with Crippen molar-refractivity contribution in [2.24, 2.45) is 0 Å². The van der Waals surface area contributed by atoms with E-state index < -0.39 is 5.97 Å². The van der Waals surface area contributed by atoms with Gasteiger partial charge in [-0.25, -0.2) is 4.79 Å². The highest BCUT2D eigenvalue weighted by molar-refractivity contribution is 6.33. The van der Waals surface area contributed by atoms with Gasteiger partial charge in [0.1, 0.15) is 0 Å². The largest absolute Gasteiger partial charge is 0.481 e. The minimum Gasteiger partial charge on any atom is -0.481 e. The van der Waals surface area contributed by atoms with Crippen LogP contribution in [0.5, 0.6) is 0 Å². The van der Waals surface area contributed by atoms with Crippen LogP contribution in [0.2, 0.25) is 5.02 Å². The molecule has 0 saturated carbocycles. The van der Waals surface area contributed by atoms with E-state index in [9.17, 15) is 9.59 Å². The Balaban J connectivity index is 2.09. The van der Waals surface area contributed by atoms with Crippen LogP contribution in [-0.2, 0) is 4.79 Å². The van der Waals surface area contributed by atoms with Crippen LogP contribution < -0.4 is 5.32 Å². The summed E-state index contributed by atoms with van der Waals surface area (Å²) in [5.41, 5.74) is 1.46. The van der Waals surface area contributed by atoms with Crippen LogP contribution >= 0.6 is 11.6 Å². The predicted molar refractivity (Wildman–Crippen MR) is 77.2 cm³/mol. The monoisotopic (exact) mass is 296 g/mol. The second kappa shape index (κ2) is 6.13. The summed E-state index contributed by atoms with van der Waals surface area (Å²) in [6, 6.07) is 4.86. The third kappa shape index (κ3) is 3.22. The predicted octanol–water partition coefficient (Wildman–Crippen LogP) is 3.12. The molecule has 0 spiro atoms. The highest BCUT2D eigenvalue weighted by Gasteiger charge is 2.30. The van der Waals surface area contributed by atoms with E-state index in [0.29, 0.717) is 17.3 Å². The summed E-state index contributed by atoms with van der Waals surface area (Å²) >= 11 is 6.07. The van der Waals surface area contributed by atoms with Gasteiger partial charge in [0.05, 0.1) is 17.1 Å². The van der Waals surface area contributed by atoms with Crippen LogP contribution in [0, 0.1) is 6.92 Å². The van der Waals surface area contributed by atoms with Gasteiger partial charge >= 0.3 is 12.0 Å². The van der Waals surface area contributed by atoms with E-state index in [1.807, 2.05) is 19.1 Å². The molecule has 1 unspecified atom stereocenters. The number of anilines is 1. The summed E-state index contributed by atoms with van der Waals surface area (Å²) in [6.45, 7) is 2.44. The molecular weight excluding hydrogens is 280 g/mol. The number of carboxylic acids is 1. The van der Waals surface area contributed by atoms with Crippen molar-refractivity contribution in [3.05, 3.63) is 28.8 Å². The molecule has 1 aromatic rings. The molecule has 1 fully saturated rings. The average Bonchev–Trinajstić information content (AvgIpc) is 2.81. The van der Waals surface area contributed by atoms with Gasteiger partial charge in [0.2, 0.25) is 0 Å². The van der Waals surface area contributed by atoms with Gasteiger partial charge < -0.3 is 15.3 Å². The second-order valence-electron chi connectivity index (χ2n) is 4.95. The average molecular weight is 297 g/mol. The quantitative estimate of drug-likeness (QED) is 0.900. The fraction of sp³-hybridized carbons (Fsp3) is 0.429. The maximum Gasteiger partial charge on any atom is 0.322 e. The van der Waals surface area contributed by atoms with Gasteiger partial charge in [0.15, 0.2) is 0 Å². The van der Waals surface area contributed by atoms with Crippen LogP contribution in [0.15, 0.2) is 18.2 Å².